The standard InChI is InChI=1S/C33H31F6N7O3/c34-23-6-2-16-8-20(47)9-21(25(16)26(23)35)28-27(36)29-22(10-40-28)30(45-11-17-3-4-18(12-45)42-17)44-31(43-29)49-13-24-15-1-5-19(7-15)46(24)32(48)41-14-33(37,38)39/h2,6,8-10,15,17-19,24,42,47H,1,3-5,7,11-14H2,(H,41,48)/t15?,17-,18+,19?,24?. The molecule has 0 spiro atoms. The quantitative estimate of drug-likeness (QED) is 0.231. The normalized spacial score (nSPS) is 24.7. The molecule has 5 atom stereocenters. The van der Waals surface area contributed by atoms with Crippen LogP contribution in [-0.2, 0) is 0 Å². The Morgan fingerprint density at radius 1 is 1.04 bits per heavy atom. The van der Waals surface area contributed by atoms with E-state index in [0.29, 0.717) is 31.7 Å². The van der Waals surface area contributed by atoms with Crippen molar-refractivity contribution >= 4 is 33.5 Å². The highest BCUT2D eigenvalue weighted by atomic mass is 19.4. The van der Waals surface area contributed by atoms with Crippen LogP contribution in [-0.4, -0.2) is 87.6 Å². The van der Waals surface area contributed by atoms with Gasteiger partial charge < -0.3 is 30.3 Å². The highest BCUT2D eigenvalue weighted by Gasteiger charge is 2.49. The van der Waals surface area contributed by atoms with E-state index in [1.807, 2.05) is 10.2 Å². The number of phenols is 1. The fourth-order valence-electron chi connectivity index (χ4n) is 8.10. The molecule has 3 N–H and O–H groups in total. The van der Waals surface area contributed by atoms with Crippen LogP contribution in [0.1, 0.15) is 32.1 Å². The van der Waals surface area contributed by atoms with Gasteiger partial charge in [0.15, 0.2) is 17.5 Å². The lowest BCUT2D eigenvalue weighted by Gasteiger charge is -2.35. The third-order valence-electron chi connectivity index (χ3n) is 10.2. The molecule has 4 bridgehead atoms. The molecule has 5 heterocycles. The first-order chi connectivity index (χ1) is 23.4. The van der Waals surface area contributed by atoms with Gasteiger partial charge in [0, 0.05) is 48.4 Å². The van der Waals surface area contributed by atoms with Gasteiger partial charge in [0.1, 0.15) is 35.9 Å². The van der Waals surface area contributed by atoms with Gasteiger partial charge in [-0.05, 0) is 61.6 Å². The SMILES string of the molecule is O=C(NCC(F)(F)F)N1C2CCC(C2)C1COc1nc(N2C[C@H]3CC[C@@H](C2)N3)c2cnc(-c3cc(O)cc4ccc(F)c(F)c34)c(F)c2n1. The van der Waals surface area contributed by atoms with Gasteiger partial charge in [-0.15, -0.1) is 0 Å². The van der Waals surface area contributed by atoms with Crippen LogP contribution in [0.25, 0.3) is 32.9 Å². The van der Waals surface area contributed by atoms with E-state index >= 15 is 8.78 Å². The maximum atomic E-state index is 16.7. The van der Waals surface area contributed by atoms with Crippen molar-refractivity contribution in [3.63, 3.8) is 0 Å². The average molecular weight is 688 g/mol. The number of amides is 2. The molecule has 2 aromatic heterocycles. The number of piperazine rings is 1. The Balaban J connectivity index is 1.19. The van der Waals surface area contributed by atoms with Crippen LogP contribution < -0.4 is 20.3 Å². The fraction of sp³-hybridized carbons (Fsp3) is 0.455. The molecule has 258 valence electrons. The molecule has 4 aliphatic rings. The number of likely N-dealkylation sites (tertiary alicyclic amines) is 1. The molecule has 1 aliphatic carbocycles. The van der Waals surface area contributed by atoms with Crippen LogP contribution in [0.5, 0.6) is 11.8 Å². The van der Waals surface area contributed by atoms with Crippen molar-refractivity contribution in [3.05, 3.63) is 47.9 Å². The number of fused-ring (bicyclic) bond motifs is 6. The molecule has 49 heavy (non-hydrogen) atoms. The van der Waals surface area contributed by atoms with E-state index in [2.05, 4.69) is 20.3 Å². The van der Waals surface area contributed by atoms with Crippen molar-refractivity contribution < 1.29 is 41.0 Å². The largest absolute Gasteiger partial charge is 0.508 e. The molecule has 3 saturated heterocycles. The Kier molecular flexibility index (Phi) is 7.61. The number of hydrogen-bond donors (Lipinski definition) is 3. The van der Waals surface area contributed by atoms with E-state index in [4.69, 9.17) is 4.74 Å². The number of halogens is 6. The maximum Gasteiger partial charge on any atom is 0.405 e. The number of hydrogen-bond acceptors (Lipinski definition) is 8. The summed E-state index contributed by atoms with van der Waals surface area (Å²) in [6, 6.07) is 3.02. The number of anilines is 1. The zero-order valence-electron chi connectivity index (χ0n) is 25.9. The monoisotopic (exact) mass is 687 g/mol. The second-order valence-electron chi connectivity index (χ2n) is 13.3. The number of aromatic hydroxyl groups is 1. The number of piperidine rings is 1. The van der Waals surface area contributed by atoms with Gasteiger partial charge in [-0.2, -0.15) is 23.1 Å². The van der Waals surface area contributed by atoms with Gasteiger partial charge in [-0.3, -0.25) is 4.98 Å². The molecule has 0 radical (unpaired) electrons. The predicted molar refractivity (Wildman–Crippen MR) is 166 cm³/mol. The number of phenolic OH excluding ortho intramolecular Hbond substituents is 1. The third kappa shape index (κ3) is 5.68. The van der Waals surface area contributed by atoms with Gasteiger partial charge in [0.25, 0.3) is 0 Å². The van der Waals surface area contributed by atoms with E-state index in [9.17, 15) is 27.5 Å². The van der Waals surface area contributed by atoms with Crippen LogP contribution >= 0.6 is 0 Å². The van der Waals surface area contributed by atoms with Crippen molar-refractivity contribution in [1.82, 2.24) is 30.5 Å². The minimum Gasteiger partial charge on any atom is -0.508 e. The summed E-state index contributed by atoms with van der Waals surface area (Å²) >= 11 is 0. The summed E-state index contributed by atoms with van der Waals surface area (Å²) < 4.78 is 90.8. The Labute approximate surface area is 275 Å². The van der Waals surface area contributed by atoms with Crippen molar-refractivity contribution in [3.8, 4) is 23.0 Å². The van der Waals surface area contributed by atoms with Crippen LogP contribution in [0.15, 0.2) is 30.5 Å². The zero-order chi connectivity index (χ0) is 34.2. The van der Waals surface area contributed by atoms with E-state index in [0.717, 1.165) is 31.4 Å². The molecule has 1 saturated carbocycles. The number of alkyl halides is 3. The molecule has 16 heteroatoms. The first kappa shape index (κ1) is 31.7. The van der Waals surface area contributed by atoms with E-state index in [-0.39, 0.29) is 75.3 Å². The minimum absolute atomic E-state index is 0.00720. The van der Waals surface area contributed by atoms with Crippen molar-refractivity contribution in [2.45, 2.75) is 62.4 Å². The molecule has 4 fully saturated rings. The number of pyridine rings is 1. The highest BCUT2D eigenvalue weighted by Crippen LogP contribution is 2.43. The fourth-order valence-corrected chi connectivity index (χ4v) is 8.10. The Morgan fingerprint density at radius 3 is 2.57 bits per heavy atom. The molecular formula is C33H31F6N7O3. The highest BCUT2D eigenvalue weighted by molar-refractivity contribution is 6.00. The Hall–Kier alpha value is -4.60. The number of rotatable bonds is 6. The van der Waals surface area contributed by atoms with Crippen LogP contribution in [0.3, 0.4) is 0 Å². The molecule has 2 amide bonds. The number of carbonyl (C=O) groups excluding carboxylic acids is 1. The molecule has 10 nitrogen and oxygen atoms in total. The van der Waals surface area contributed by atoms with Gasteiger partial charge in [-0.25, -0.2) is 18.0 Å². The zero-order valence-corrected chi connectivity index (χ0v) is 25.9. The maximum absolute atomic E-state index is 16.7. The summed E-state index contributed by atoms with van der Waals surface area (Å²) in [6.07, 6.45) is 0.750. The number of urea groups is 1. The Bertz CT molecular complexity index is 1970. The van der Waals surface area contributed by atoms with E-state index in [1.54, 1.807) is 0 Å². The summed E-state index contributed by atoms with van der Waals surface area (Å²) in [5, 5.41) is 16.0. The lowest BCUT2D eigenvalue weighted by Crippen LogP contribution is -2.53. The average Bonchev–Trinajstić information content (AvgIpc) is 3.78. The number of aromatic nitrogens is 3. The van der Waals surface area contributed by atoms with Gasteiger partial charge in [0.2, 0.25) is 0 Å². The van der Waals surface area contributed by atoms with E-state index < -0.39 is 42.2 Å². The molecule has 4 aromatic rings. The summed E-state index contributed by atoms with van der Waals surface area (Å²) in [4.78, 5) is 29.6. The van der Waals surface area contributed by atoms with Gasteiger partial charge in [0.05, 0.1) is 11.4 Å². The smallest absolute Gasteiger partial charge is 0.405 e. The van der Waals surface area contributed by atoms with Gasteiger partial charge >= 0.3 is 18.2 Å². The summed E-state index contributed by atoms with van der Waals surface area (Å²) in [6.45, 7) is -0.476. The van der Waals surface area contributed by atoms with Crippen molar-refractivity contribution in [2.24, 2.45) is 5.92 Å². The lowest BCUT2D eigenvalue weighted by molar-refractivity contribution is -0.123. The Morgan fingerprint density at radius 2 is 1.82 bits per heavy atom. The van der Waals surface area contributed by atoms with Crippen LogP contribution in [0.4, 0.5) is 37.0 Å². The van der Waals surface area contributed by atoms with Crippen LogP contribution in [0, 0.1) is 23.4 Å². The van der Waals surface area contributed by atoms with E-state index in [1.165, 1.54) is 23.2 Å². The van der Waals surface area contributed by atoms with Crippen molar-refractivity contribution in [1.29, 1.82) is 0 Å². The number of nitrogens with one attached hydrogen (secondary N) is 2. The summed E-state index contributed by atoms with van der Waals surface area (Å²) in [5.74, 6) is -3.33. The molecular weight excluding hydrogens is 656 g/mol. The lowest BCUT2D eigenvalue weighted by atomic mass is 9.99. The second-order valence-corrected chi connectivity index (χ2v) is 13.3. The number of ether oxygens (including phenoxy) is 1. The predicted octanol–water partition coefficient (Wildman–Crippen LogP) is 5.41. The molecule has 2 aromatic carbocycles. The third-order valence-corrected chi connectivity index (χ3v) is 10.2. The first-order valence-corrected chi connectivity index (χ1v) is 16.2. The topological polar surface area (TPSA) is 116 Å². The minimum atomic E-state index is -4.57. The number of benzene rings is 2. The second kappa shape index (κ2) is 11.8. The number of carbonyl (C=O) groups is 1. The molecule has 3 unspecified atom stereocenters. The van der Waals surface area contributed by atoms with Gasteiger partial charge in [-0.1, -0.05) is 6.07 Å². The molecule has 8 rings (SSSR count). The number of nitrogens with zero attached hydrogens (tertiary/aromatic N) is 5. The first-order valence-electron chi connectivity index (χ1n) is 16.2. The summed E-state index contributed by atoms with van der Waals surface area (Å²) in [5.41, 5.74) is -0.775. The van der Waals surface area contributed by atoms with Crippen molar-refractivity contribution in [2.75, 3.05) is 31.1 Å². The van der Waals surface area contributed by atoms with Crippen LogP contribution in [0.2, 0.25) is 0 Å². The summed E-state index contributed by atoms with van der Waals surface area (Å²) in [7, 11) is 0. The molecule has 3 aliphatic heterocycles.